The Balaban J connectivity index is 2.24. The van der Waals surface area contributed by atoms with Crippen molar-refractivity contribution in [3.63, 3.8) is 0 Å². The second-order valence-corrected chi connectivity index (χ2v) is 5.40. The molecule has 0 saturated carbocycles. The van der Waals surface area contributed by atoms with Crippen molar-refractivity contribution in [1.82, 2.24) is 4.90 Å². The molecule has 1 aromatic heterocycles. The average Bonchev–Trinajstić information content (AvgIpc) is 3.12. The summed E-state index contributed by atoms with van der Waals surface area (Å²) in [6.07, 6.45) is 1.63. The highest BCUT2D eigenvalue weighted by Crippen LogP contribution is 2.28. The third-order valence-corrected chi connectivity index (χ3v) is 4.05. The highest BCUT2D eigenvalue weighted by Gasteiger charge is 2.22. The van der Waals surface area contributed by atoms with E-state index in [1.54, 1.807) is 18.4 Å². The van der Waals surface area contributed by atoms with Crippen molar-refractivity contribution in [2.45, 2.75) is 26.5 Å². The molecule has 0 radical (unpaired) electrons. The topological polar surface area (TPSA) is 91.8 Å². The van der Waals surface area contributed by atoms with Crippen molar-refractivity contribution in [1.29, 1.82) is 0 Å². The molecular weight excluding hydrogens is 310 g/mol. The predicted molar refractivity (Wildman–Crippen MR) is 91.9 cm³/mol. The van der Waals surface area contributed by atoms with Gasteiger partial charge in [-0.2, -0.15) is 0 Å². The maximum absolute atomic E-state index is 11.2. The van der Waals surface area contributed by atoms with Crippen LogP contribution >= 0.6 is 0 Å². The van der Waals surface area contributed by atoms with Crippen molar-refractivity contribution in [2.24, 2.45) is 0 Å². The van der Waals surface area contributed by atoms with Crippen molar-refractivity contribution in [3.05, 3.63) is 58.0 Å². The maximum Gasteiger partial charge on any atom is 0.292 e. The predicted octanol–water partition coefficient (Wildman–Crippen LogP) is 3.18. The Morgan fingerprint density at radius 2 is 2.08 bits per heavy atom. The number of aliphatic hydroxyl groups is 1. The van der Waals surface area contributed by atoms with Crippen LogP contribution in [0.15, 0.2) is 41.0 Å². The number of hydrogen-bond acceptors (Lipinski definition) is 6. The molecule has 0 aliphatic carbocycles. The van der Waals surface area contributed by atoms with Gasteiger partial charge in [-0.3, -0.25) is 15.0 Å². The number of nitrogens with zero attached hydrogens (tertiary/aromatic N) is 2. The number of benzene rings is 1. The number of aliphatic hydroxyl groups excluding tert-OH is 1. The fraction of sp³-hybridized carbons (Fsp3) is 0.412. The fourth-order valence-electron chi connectivity index (χ4n) is 2.74. The molecule has 0 aliphatic heterocycles. The maximum atomic E-state index is 11.2. The zero-order valence-corrected chi connectivity index (χ0v) is 13.9. The molecule has 1 heterocycles. The molecule has 130 valence electrons. The molecule has 1 unspecified atom stereocenters. The van der Waals surface area contributed by atoms with Gasteiger partial charge in [-0.15, -0.1) is 0 Å². The van der Waals surface area contributed by atoms with Crippen molar-refractivity contribution < 1.29 is 14.4 Å². The summed E-state index contributed by atoms with van der Waals surface area (Å²) in [6.45, 7) is 6.10. The van der Waals surface area contributed by atoms with Crippen LogP contribution in [0.5, 0.6) is 0 Å². The number of rotatable bonds is 9. The normalized spacial score (nSPS) is 12.3. The molecule has 0 amide bonds. The van der Waals surface area contributed by atoms with Crippen LogP contribution in [0, 0.1) is 10.1 Å². The first-order valence-corrected chi connectivity index (χ1v) is 8.00. The molecule has 0 aliphatic rings. The first kappa shape index (κ1) is 18.0. The molecule has 0 fully saturated rings. The summed E-state index contributed by atoms with van der Waals surface area (Å²) in [5, 5.41) is 23.6. The van der Waals surface area contributed by atoms with E-state index in [4.69, 9.17) is 4.42 Å². The lowest BCUT2D eigenvalue weighted by atomic mass is 10.1. The van der Waals surface area contributed by atoms with Gasteiger partial charge in [-0.05, 0) is 42.9 Å². The van der Waals surface area contributed by atoms with Crippen LogP contribution in [0.4, 0.5) is 11.4 Å². The zero-order valence-electron chi connectivity index (χ0n) is 13.9. The first-order chi connectivity index (χ1) is 11.6. The van der Waals surface area contributed by atoms with Gasteiger partial charge in [0.1, 0.15) is 11.4 Å². The molecule has 7 heteroatoms. The molecule has 0 bridgehead atoms. The molecule has 2 aromatic rings. The number of nitro groups is 1. The standard InChI is InChI=1S/C17H23N3O4/c1-3-19(4-2)16(17-6-5-9-24-17)11-18-14-10-13(12-21)7-8-15(14)20(22)23/h5-10,16,18,21H,3-4,11-12H2,1-2H3. The lowest BCUT2D eigenvalue weighted by Gasteiger charge is -2.28. The van der Waals surface area contributed by atoms with Crippen LogP contribution < -0.4 is 5.32 Å². The van der Waals surface area contributed by atoms with Crippen molar-refractivity contribution in [2.75, 3.05) is 25.0 Å². The van der Waals surface area contributed by atoms with Crippen LogP contribution in [-0.4, -0.2) is 34.6 Å². The summed E-state index contributed by atoms with van der Waals surface area (Å²) < 4.78 is 5.54. The molecule has 2 N–H and O–H groups in total. The summed E-state index contributed by atoms with van der Waals surface area (Å²) in [4.78, 5) is 13.0. The van der Waals surface area contributed by atoms with E-state index in [1.165, 1.54) is 6.07 Å². The highest BCUT2D eigenvalue weighted by molar-refractivity contribution is 5.62. The smallest absolute Gasteiger partial charge is 0.292 e. The Morgan fingerprint density at radius 3 is 2.62 bits per heavy atom. The van der Waals surface area contributed by atoms with E-state index in [-0.39, 0.29) is 18.3 Å². The minimum Gasteiger partial charge on any atom is -0.468 e. The third-order valence-electron chi connectivity index (χ3n) is 4.05. The highest BCUT2D eigenvalue weighted by atomic mass is 16.6. The van der Waals surface area contributed by atoms with Gasteiger partial charge in [0.15, 0.2) is 0 Å². The van der Waals surface area contributed by atoms with E-state index >= 15 is 0 Å². The van der Waals surface area contributed by atoms with E-state index in [0.717, 1.165) is 18.8 Å². The molecule has 2 rings (SSSR count). The molecule has 0 saturated heterocycles. The van der Waals surface area contributed by atoms with Crippen molar-refractivity contribution in [3.8, 4) is 0 Å². The summed E-state index contributed by atoms with van der Waals surface area (Å²) in [5.41, 5.74) is 1.01. The van der Waals surface area contributed by atoms with Gasteiger partial charge in [-0.1, -0.05) is 13.8 Å². The number of nitrogens with one attached hydrogen (secondary N) is 1. The van der Waals surface area contributed by atoms with E-state index in [1.807, 2.05) is 12.1 Å². The van der Waals surface area contributed by atoms with E-state index < -0.39 is 4.92 Å². The van der Waals surface area contributed by atoms with Gasteiger partial charge in [0.2, 0.25) is 0 Å². The summed E-state index contributed by atoms with van der Waals surface area (Å²) in [7, 11) is 0. The van der Waals surface area contributed by atoms with E-state index in [2.05, 4.69) is 24.1 Å². The molecule has 7 nitrogen and oxygen atoms in total. The van der Waals surface area contributed by atoms with E-state index in [0.29, 0.717) is 17.8 Å². The Morgan fingerprint density at radius 1 is 1.33 bits per heavy atom. The fourth-order valence-corrected chi connectivity index (χ4v) is 2.74. The SMILES string of the molecule is CCN(CC)C(CNc1cc(CO)ccc1[N+](=O)[O-])c1ccco1. The number of nitro benzene ring substituents is 1. The minimum absolute atomic E-state index is 0.00931. The van der Waals surface area contributed by atoms with Crippen LogP contribution in [0.25, 0.3) is 0 Å². The van der Waals surface area contributed by atoms with Gasteiger partial charge in [-0.25, -0.2) is 0 Å². The summed E-state index contributed by atoms with van der Waals surface area (Å²) in [6, 6.07) is 8.28. The minimum atomic E-state index is -0.428. The molecule has 1 atom stereocenters. The Hall–Kier alpha value is -2.38. The van der Waals surface area contributed by atoms with Gasteiger partial charge in [0.25, 0.3) is 5.69 Å². The quantitative estimate of drug-likeness (QED) is 0.541. The molecule has 24 heavy (non-hydrogen) atoms. The second kappa shape index (κ2) is 8.47. The third kappa shape index (κ3) is 4.12. The molecular formula is C17H23N3O4. The number of hydrogen-bond donors (Lipinski definition) is 2. The lowest BCUT2D eigenvalue weighted by Crippen LogP contribution is -2.33. The van der Waals surface area contributed by atoms with Crippen LogP contribution in [0.3, 0.4) is 0 Å². The van der Waals surface area contributed by atoms with Gasteiger partial charge >= 0.3 is 0 Å². The van der Waals surface area contributed by atoms with Crippen LogP contribution in [0.2, 0.25) is 0 Å². The summed E-state index contributed by atoms with van der Waals surface area (Å²) >= 11 is 0. The summed E-state index contributed by atoms with van der Waals surface area (Å²) in [5.74, 6) is 0.812. The van der Waals surface area contributed by atoms with Gasteiger partial charge < -0.3 is 14.8 Å². The first-order valence-electron chi connectivity index (χ1n) is 8.00. The van der Waals surface area contributed by atoms with Crippen molar-refractivity contribution >= 4 is 11.4 Å². The number of likely N-dealkylation sites (N-methyl/N-ethyl adjacent to an activating group) is 1. The molecule has 1 aromatic carbocycles. The Labute approximate surface area is 141 Å². The van der Waals surface area contributed by atoms with Crippen LogP contribution in [0.1, 0.15) is 31.2 Å². The monoisotopic (exact) mass is 333 g/mol. The average molecular weight is 333 g/mol. The van der Waals surface area contributed by atoms with Gasteiger partial charge in [0, 0.05) is 12.6 Å². The largest absolute Gasteiger partial charge is 0.468 e. The Kier molecular flexibility index (Phi) is 6.34. The number of furan rings is 1. The second-order valence-electron chi connectivity index (χ2n) is 5.40. The number of anilines is 1. The van der Waals surface area contributed by atoms with Crippen LogP contribution in [-0.2, 0) is 6.61 Å². The van der Waals surface area contributed by atoms with Gasteiger partial charge in [0.05, 0.1) is 23.8 Å². The zero-order chi connectivity index (χ0) is 17.5. The lowest BCUT2D eigenvalue weighted by molar-refractivity contribution is -0.384. The Bertz CT molecular complexity index is 654. The molecule has 0 spiro atoms. The van der Waals surface area contributed by atoms with E-state index in [9.17, 15) is 15.2 Å².